The molecule has 2 aromatic rings. The fourth-order valence-electron chi connectivity index (χ4n) is 6.53. The number of benzene rings is 1. The van der Waals surface area contributed by atoms with E-state index in [0.29, 0.717) is 12.3 Å². The molecule has 6 rings (SSSR count). The molecule has 0 saturated heterocycles. The normalized spacial score (nSPS) is 31.0. The molecule has 152 valence electrons. The predicted molar refractivity (Wildman–Crippen MR) is 117 cm³/mol. The van der Waals surface area contributed by atoms with Crippen molar-refractivity contribution < 1.29 is 4.79 Å². The molecule has 1 aromatic carbocycles. The van der Waals surface area contributed by atoms with Crippen LogP contribution in [-0.2, 0) is 11.3 Å². The first-order valence-corrected chi connectivity index (χ1v) is 11.8. The Labute approximate surface area is 177 Å². The van der Waals surface area contributed by atoms with Gasteiger partial charge in [-0.1, -0.05) is 48.2 Å². The lowest BCUT2D eigenvalue weighted by Crippen LogP contribution is -2.51. The second-order valence-corrected chi connectivity index (χ2v) is 10.7. The molecule has 5 heteroatoms. The van der Waals surface area contributed by atoms with Crippen molar-refractivity contribution in [2.45, 2.75) is 62.4 Å². The maximum absolute atomic E-state index is 13.6. The molecule has 0 aliphatic heterocycles. The number of allylic oxidation sites excluding steroid dienone is 1. The van der Waals surface area contributed by atoms with Gasteiger partial charge in [0.05, 0.1) is 5.25 Å². The zero-order valence-electron chi connectivity index (χ0n) is 17.1. The summed E-state index contributed by atoms with van der Waals surface area (Å²) in [5, 5.41) is 9.62. The number of hydrogen-bond donors (Lipinski definition) is 0. The van der Waals surface area contributed by atoms with Crippen LogP contribution in [0.3, 0.4) is 0 Å². The van der Waals surface area contributed by atoms with E-state index in [0.717, 1.165) is 53.6 Å². The summed E-state index contributed by atoms with van der Waals surface area (Å²) >= 11 is 1.57. The number of aromatic nitrogens is 3. The van der Waals surface area contributed by atoms with E-state index in [-0.39, 0.29) is 10.7 Å². The summed E-state index contributed by atoms with van der Waals surface area (Å²) in [6.07, 6.45) is 9.32. The van der Waals surface area contributed by atoms with Gasteiger partial charge in [0.2, 0.25) is 0 Å². The number of nitrogens with zero attached hydrogens (tertiary/aromatic N) is 3. The summed E-state index contributed by atoms with van der Waals surface area (Å²) in [5.41, 5.74) is 0.973. The van der Waals surface area contributed by atoms with Crippen molar-refractivity contribution in [2.24, 2.45) is 23.2 Å². The Bertz CT molecular complexity index is 884. The first-order valence-electron chi connectivity index (χ1n) is 10.9. The van der Waals surface area contributed by atoms with Crippen molar-refractivity contribution in [3.05, 3.63) is 43.0 Å². The molecular formula is C24H29N3OS. The monoisotopic (exact) mass is 407 g/mol. The summed E-state index contributed by atoms with van der Waals surface area (Å²) < 4.78 is 2.08. The van der Waals surface area contributed by atoms with Gasteiger partial charge in [-0.15, -0.1) is 16.8 Å². The molecule has 1 heterocycles. The second-order valence-electron chi connectivity index (χ2n) is 9.39. The van der Waals surface area contributed by atoms with Crippen LogP contribution in [0.1, 0.15) is 45.4 Å². The molecule has 4 aliphatic carbocycles. The average molecular weight is 408 g/mol. The van der Waals surface area contributed by atoms with Gasteiger partial charge in [0, 0.05) is 17.5 Å². The van der Waals surface area contributed by atoms with E-state index in [4.69, 9.17) is 0 Å². The molecule has 4 aliphatic rings. The van der Waals surface area contributed by atoms with Gasteiger partial charge < -0.3 is 0 Å². The molecule has 1 aromatic heterocycles. The SMILES string of the molecule is C=CCn1c(SC(C)C(=O)C23CC4CC(CC(C4)C2)C3)nnc1-c1ccccc1. The smallest absolute Gasteiger partial charge is 0.192 e. The van der Waals surface area contributed by atoms with Crippen molar-refractivity contribution in [3.8, 4) is 11.4 Å². The van der Waals surface area contributed by atoms with E-state index in [1.807, 2.05) is 36.4 Å². The lowest BCUT2D eigenvalue weighted by atomic mass is 9.48. The van der Waals surface area contributed by atoms with Crippen LogP contribution in [0.2, 0.25) is 0 Å². The van der Waals surface area contributed by atoms with Crippen molar-refractivity contribution in [1.29, 1.82) is 0 Å². The summed E-state index contributed by atoms with van der Waals surface area (Å²) in [7, 11) is 0. The molecular weight excluding hydrogens is 378 g/mol. The second kappa shape index (κ2) is 7.42. The number of hydrogen-bond acceptors (Lipinski definition) is 4. The molecule has 4 bridgehead atoms. The van der Waals surface area contributed by atoms with Crippen LogP contribution >= 0.6 is 11.8 Å². The van der Waals surface area contributed by atoms with Crippen LogP contribution in [0.5, 0.6) is 0 Å². The minimum Gasteiger partial charge on any atom is -0.298 e. The lowest BCUT2D eigenvalue weighted by Gasteiger charge is -2.56. The summed E-state index contributed by atoms with van der Waals surface area (Å²) in [6, 6.07) is 10.1. The zero-order chi connectivity index (χ0) is 20.0. The van der Waals surface area contributed by atoms with Crippen LogP contribution in [0.15, 0.2) is 48.1 Å². The Morgan fingerprint density at radius 1 is 1.17 bits per heavy atom. The van der Waals surface area contributed by atoms with E-state index < -0.39 is 0 Å². The number of rotatable bonds is 7. The zero-order valence-corrected chi connectivity index (χ0v) is 17.9. The van der Waals surface area contributed by atoms with Crippen molar-refractivity contribution in [2.75, 3.05) is 0 Å². The van der Waals surface area contributed by atoms with Crippen LogP contribution in [-0.4, -0.2) is 25.8 Å². The van der Waals surface area contributed by atoms with Gasteiger partial charge >= 0.3 is 0 Å². The van der Waals surface area contributed by atoms with E-state index in [2.05, 4.69) is 28.3 Å². The minimum absolute atomic E-state index is 0.0628. The third-order valence-corrected chi connectivity index (χ3v) is 8.35. The highest BCUT2D eigenvalue weighted by atomic mass is 32.2. The molecule has 0 amide bonds. The van der Waals surface area contributed by atoms with Gasteiger partial charge in [0.15, 0.2) is 16.8 Å². The molecule has 29 heavy (non-hydrogen) atoms. The topological polar surface area (TPSA) is 47.8 Å². The summed E-state index contributed by atoms with van der Waals surface area (Å²) in [6.45, 7) is 6.61. The van der Waals surface area contributed by atoms with Crippen molar-refractivity contribution in [1.82, 2.24) is 14.8 Å². The van der Waals surface area contributed by atoms with Crippen molar-refractivity contribution in [3.63, 3.8) is 0 Å². The molecule has 1 atom stereocenters. The quantitative estimate of drug-likeness (QED) is 0.456. The molecule has 0 spiro atoms. The van der Waals surface area contributed by atoms with Gasteiger partial charge in [-0.3, -0.25) is 9.36 Å². The first-order chi connectivity index (χ1) is 14.1. The van der Waals surface area contributed by atoms with Gasteiger partial charge in [-0.05, 0) is 63.2 Å². The summed E-state index contributed by atoms with van der Waals surface area (Å²) in [5.74, 6) is 3.66. The van der Waals surface area contributed by atoms with Gasteiger partial charge in [0.1, 0.15) is 0 Å². The molecule has 1 unspecified atom stereocenters. The Balaban J connectivity index is 1.38. The largest absolute Gasteiger partial charge is 0.298 e. The highest BCUT2D eigenvalue weighted by molar-refractivity contribution is 8.00. The molecule has 4 saturated carbocycles. The Hall–Kier alpha value is -1.88. The fraction of sp³-hybridized carbons (Fsp3) is 0.542. The van der Waals surface area contributed by atoms with Crippen LogP contribution in [0.25, 0.3) is 11.4 Å². The average Bonchev–Trinajstić information content (AvgIpc) is 3.09. The fourth-order valence-corrected chi connectivity index (χ4v) is 7.58. The molecule has 4 fully saturated rings. The van der Waals surface area contributed by atoms with E-state index in [9.17, 15) is 4.79 Å². The molecule has 4 nitrogen and oxygen atoms in total. The Morgan fingerprint density at radius 3 is 2.38 bits per heavy atom. The minimum atomic E-state index is -0.0948. The highest BCUT2D eigenvalue weighted by Gasteiger charge is 2.55. The van der Waals surface area contributed by atoms with Gasteiger partial charge in [-0.25, -0.2) is 0 Å². The number of Topliss-reactive ketones (excluding diaryl/α,β-unsaturated/α-hetero) is 1. The third kappa shape index (κ3) is 3.37. The standard InChI is InChI=1S/C24H29N3OS/c1-3-9-27-22(20-7-5-4-6-8-20)25-26-23(27)29-16(2)21(28)24-13-17-10-18(14-24)12-19(11-17)15-24/h3-8,16-19H,1,9-15H2,2H3. The number of carbonyl (C=O) groups excluding carboxylic acids is 1. The maximum atomic E-state index is 13.6. The number of thioether (sulfide) groups is 1. The lowest BCUT2D eigenvalue weighted by molar-refractivity contribution is -0.142. The van der Waals surface area contributed by atoms with Crippen molar-refractivity contribution >= 4 is 17.5 Å². The predicted octanol–water partition coefficient (Wildman–Crippen LogP) is 5.40. The summed E-state index contributed by atoms with van der Waals surface area (Å²) in [4.78, 5) is 13.6. The Morgan fingerprint density at radius 2 is 1.79 bits per heavy atom. The molecule has 0 N–H and O–H groups in total. The number of carbonyl (C=O) groups is 1. The maximum Gasteiger partial charge on any atom is 0.192 e. The van der Waals surface area contributed by atoms with Gasteiger partial charge in [-0.2, -0.15) is 0 Å². The first kappa shape index (κ1) is 19.1. The van der Waals surface area contributed by atoms with Crippen LogP contribution in [0.4, 0.5) is 0 Å². The van der Waals surface area contributed by atoms with Crippen LogP contribution < -0.4 is 0 Å². The van der Waals surface area contributed by atoms with E-state index in [1.54, 1.807) is 11.8 Å². The molecule has 0 radical (unpaired) electrons. The third-order valence-electron chi connectivity index (χ3n) is 7.27. The highest BCUT2D eigenvalue weighted by Crippen LogP contribution is 2.61. The number of ketones is 1. The van der Waals surface area contributed by atoms with E-state index >= 15 is 0 Å². The van der Waals surface area contributed by atoms with Crippen LogP contribution in [0, 0.1) is 23.2 Å². The van der Waals surface area contributed by atoms with Gasteiger partial charge in [0.25, 0.3) is 0 Å². The Kier molecular flexibility index (Phi) is 4.89. The van der Waals surface area contributed by atoms with E-state index in [1.165, 1.54) is 19.3 Å².